The minimum Gasteiger partial charge on any atom is -0.353 e. The van der Waals surface area contributed by atoms with Crippen LogP contribution in [0.5, 0.6) is 0 Å². The lowest BCUT2D eigenvalue weighted by atomic mass is 10.2. The zero-order valence-corrected chi connectivity index (χ0v) is 10.9. The van der Waals surface area contributed by atoms with Crippen LogP contribution in [0.1, 0.15) is 26.2 Å². The van der Waals surface area contributed by atoms with E-state index in [1.54, 1.807) is 0 Å². The molecule has 1 saturated heterocycles. The molecule has 2 N–H and O–H groups in total. The highest BCUT2D eigenvalue weighted by Gasteiger charge is 2.37. The van der Waals surface area contributed by atoms with Crippen molar-refractivity contribution in [2.75, 3.05) is 18.1 Å². The second-order valence-electron chi connectivity index (χ2n) is 5.05. The van der Waals surface area contributed by atoms with E-state index in [-0.39, 0.29) is 29.9 Å². The maximum atomic E-state index is 11.7. The summed E-state index contributed by atoms with van der Waals surface area (Å²) in [5.41, 5.74) is 0. The average molecular weight is 260 g/mol. The lowest BCUT2D eigenvalue weighted by Gasteiger charge is -2.23. The third kappa shape index (κ3) is 3.67. The second kappa shape index (κ2) is 4.94. The van der Waals surface area contributed by atoms with E-state index in [4.69, 9.17) is 0 Å². The molecule has 0 bridgehead atoms. The van der Waals surface area contributed by atoms with Gasteiger partial charge in [0.15, 0.2) is 9.84 Å². The Labute approximate surface area is 102 Å². The van der Waals surface area contributed by atoms with Crippen LogP contribution in [0.15, 0.2) is 0 Å². The van der Waals surface area contributed by atoms with Gasteiger partial charge in [0.2, 0.25) is 5.91 Å². The van der Waals surface area contributed by atoms with E-state index < -0.39 is 9.84 Å². The Morgan fingerprint density at radius 1 is 1.47 bits per heavy atom. The Kier molecular flexibility index (Phi) is 3.73. The van der Waals surface area contributed by atoms with Gasteiger partial charge in [-0.3, -0.25) is 4.79 Å². The first-order valence-electron chi connectivity index (χ1n) is 6.23. The predicted molar refractivity (Wildman–Crippen MR) is 65.4 cm³/mol. The van der Waals surface area contributed by atoms with Gasteiger partial charge in [0.1, 0.15) is 0 Å². The van der Waals surface area contributed by atoms with E-state index in [2.05, 4.69) is 17.6 Å². The highest BCUT2D eigenvalue weighted by atomic mass is 32.2. The number of hydrogen-bond donors (Lipinski definition) is 2. The summed E-state index contributed by atoms with van der Waals surface area (Å²) >= 11 is 0. The van der Waals surface area contributed by atoms with Gasteiger partial charge < -0.3 is 10.6 Å². The molecule has 0 aromatic carbocycles. The van der Waals surface area contributed by atoms with Gasteiger partial charge in [0.25, 0.3) is 0 Å². The van der Waals surface area contributed by atoms with Crippen LogP contribution in [0.4, 0.5) is 0 Å². The second-order valence-corrected chi connectivity index (χ2v) is 7.28. The number of hydrogen-bond acceptors (Lipinski definition) is 4. The minimum atomic E-state index is -2.95. The van der Waals surface area contributed by atoms with E-state index in [0.717, 1.165) is 12.8 Å². The van der Waals surface area contributed by atoms with Gasteiger partial charge in [-0.25, -0.2) is 8.42 Å². The van der Waals surface area contributed by atoms with Crippen molar-refractivity contribution in [3.05, 3.63) is 0 Å². The third-order valence-corrected chi connectivity index (χ3v) is 5.26. The quantitative estimate of drug-likeness (QED) is 0.726. The van der Waals surface area contributed by atoms with E-state index in [1.807, 2.05) is 0 Å². The van der Waals surface area contributed by atoms with Crippen LogP contribution in [0.25, 0.3) is 0 Å². The molecule has 0 radical (unpaired) electrons. The van der Waals surface area contributed by atoms with E-state index >= 15 is 0 Å². The topological polar surface area (TPSA) is 75.3 Å². The fourth-order valence-electron chi connectivity index (χ4n) is 2.36. The third-order valence-electron chi connectivity index (χ3n) is 3.53. The Morgan fingerprint density at radius 2 is 2.24 bits per heavy atom. The van der Waals surface area contributed by atoms with Crippen LogP contribution in [0.3, 0.4) is 0 Å². The molecule has 1 heterocycles. The predicted octanol–water partition coefficient (Wildman–Crippen LogP) is -0.322. The van der Waals surface area contributed by atoms with E-state index in [0.29, 0.717) is 18.5 Å². The van der Waals surface area contributed by atoms with Crippen molar-refractivity contribution in [1.82, 2.24) is 10.6 Å². The lowest BCUT2D eigenvalue weighted by Crippen LogP contribution is -2.47. The molecule has 6 heteroatoms. The SMILES string of the molecule is CCC1CC1NC(=O)CC1CS(=O)(=O)CCN1. The van der Waals surface area contributed by atoms with Crippen LogP contribution in [-0.2, 0) is 14.6 Å². The van der Waals surface area contributed by atoms with Gasteiger partial charge in [-0.1, -0.05) is 13.3 Å². The monoisotopic (exact) mass is 260 g/mol. The highest BCUT2D eigenvalue weighted by Crippen LogP contribution is 2.33. The Morgan fingerprint density at radius 3 is 2.82 bits per heavy atom. The van der Waals surface area contributed by atoms with Crippen molar-refractivity contribution >= 4 is 15.7 Å². The summed E-state index contributed by atoms with van der Waals surface area (Å²) in [7, 11) is -2.95. The average Bonchev–Trinajstić information content (AvgIpc) is 2.94. The Balaban J connectivity index is 1.75. The Bertz CT molecular complexity index is 394. The van der Waals surface area contributed by atoms with Crippen LogP contribution in [0, 0.1) is 5.92 Å². The number of amides is 1. The van der Waals surface area contributed by atoms with Gasteiger partial charge in [0.05, 0.1) is 11.5 Å². The van der Waals surface area contributed by atoms with E-state index in [1.165, 1.54) is 0 Å². The van der Waals surface area contributed by atoms with Crippen molar-refractivity contribution in [3.8, 4) is 0 Å². The highest BCUT2D eigenvalue weighted by molar-refractivity contribution is 7.91. The van der Waals surface area contributed by atoms with Gasteiger partial charge in [0, 0.05) is 25.0 Å². The molecule has 3 unspecified atom stereocenters. The molecular formula is C11H20N2O3S. The first-order chi connectivity index (χ1) is 8.00. The van der Waals surface area contributed by atoms with Crippen LogP contribution in [0.2, 0.25) is 0 Å². The van der Waals surface area contributed by atoms with Crippen LogP contribution in [-0.4, -0.2) is 44.5 Å². The summed E-state index contributed by atoms with van der Waals surface area (Å²) in [4.78, 5) is 11.7. The molecule has 0 aromatic heterocycles. The van der Waals surface area contributed by atoms with Crippen molar-refractivity contribution < 1.29 is 13.2 Å². The number of rotatable bonds is 4. The smallest absolute Gasteiger partial charge is 0.221 e. The largest absolute Gasteiger partial charge is 0.353 e. The molecule has 0 spiro atoms. The van der Waals surface area contributed by atoms with Gasteiger partial charge in [-0.05, 0) is 12.3 Å². The number of carbonyl (C=O) groups is 1. The van der Waals surface area contributed by atoms with Crippen LogP contribution >= 0.6 is 0 Å². The molecule has 2 rings (SSSR count). The molecular weight excluding hydrogens is 240 g/mol. The summed E-state index contributed by atoms with van der Waals surface area (Å²) in [5.74, 6) is 0.871. The molecule has 1 amide bonds. The summed E-state index contributed by atoms with van der Waals surface area (Å²) in [6.07, 6.45) is 2.44. The molecule has 2 fully saturated rings. The molecule has 5 nitrogen and oxygen atoms in total. The van der Waals surface area contributed by atoms with Crippen LogP contribution < -0.4 is 10.6 Å². The normalized spacial score (nSPS) is 35.2. The zero-order chi connectivity index (χ0) is 12.5. The fraction of sp³-hybridized carbons (Fsp3) is 0.909. The first-order valence-corrected chi connectivity index (χ1v) is 8.05. The maximum absolute atomic E-state index is 11.7. The van der Waals surface area contributed by atoms with Crippen molar-refractivity contribution in [1.29, 1.82) is 0 Å². The summed E-state index contributed by atoms with van der Waals surface area (Å²) in [6.45, 7) is 2.58. The molecule has 1 aliphatic carbocycles. The summed E-state index contributed by atoms with van der Waals surface area (Å²) < 4.78 is 22.8. The summed E-state index contributed by atoms with van der Waals surface area (Å²) in [5, 5.41) is 6.04. The molecule has 17 heavy (non-hydrogen) atoms. The maximum Gasteiger partial charge on any atom is 0.221 e. The van der Waals surface area contributed by atoms with E-state index in [9.17, 15) is 13.2 Å². The minimum absolute atomic E-state index is 0.0273. The van der Waals surface area contributed by atoms with Crippen molar-refractivity contribution in [2.45, 2.75) is 38.3 Å². The zero-order valence-electron chi connectivity index (χ0n) is 10.1. The molecule has 98 valence electrons. The molecule has 1 aliphatic heterocycles. The van der Waals surface area contributed by atoms with Gasteiger partial charge in [-0.2, -0.15) is 0 Å². The van der Waals surface area contributed by atoms with Crippen molar-refractivity contribution in [3.63, 3.8) is 0 Å². The van der Waals surface area contributed by atoms with Gasteiger partial charge in [-0.15, -0.1) is 0 Å². The number of carbonyl (C=O) groups excluding carboxylic acids is 1. The Hall–Kier alpha value is -0.620. The lowest BCUT2D eigenvalue weighted by molar-refractivity contribution is -0.121. The van der Waals surface area contributed by atoms with Crippen molar-refractivity contribution in [2.24, 2.45) is 5.92 Å². The summed E-state index contributed by atoms with van der Waals surface area (Å²) in [6, 6.07) is 0.111. The molecule has 0 aromatic rings. The standard InChI is InChI=1S/C11H20N2O3S/c1-2-8-5-10(8)13-11(14)6-9-7-17(15,16)4-3-12-9/h8-10,12H,2-7H2,1H3,(H,13,14). The first kappa shape index (κ1) is 12.8. The number of nitrogens with one attached hydrogen (secondary N) is 2. The van der Waals surface area contributed by atoms with Gasteiger partial charge >= 0.3 is 0 Å². The fourth-order valence-corrected chi connectivity index (χ4v) is 3.81. The molecule has 1 saturated carbocycles. The number of sulfone groups is 1. The molecule has 3 atom stereocenters. The molecule has 2 aliphatic rings.